The van der Waals surface area contributed by atoms with Gasteiger partial charge in [0.2, 0.25) is 0 Å². The zero-order chi connectivity index (χ0) is 41.3. The van der Waals surface area contributed by atoms with E-state index in [1.165, 1.54) is 72.0 Å². The molecule has 4 aliphatic heterocycles. The van der Waals surface area contributed by atoms with Gasteiger partial charge in [0.25, 0.3) is 5.91 Å². The number of aliphatic carboxylic acids is 1. The second kappa shape index (κ2) is 19.4. The van der Waals surface area contributed by atoms with E-state index in [1.54, 1.807) is 12.1 Å². The molecule has 3 fully saturated rings. The van der Waals surface area contributed by atoms with Gasteiger partial charge in [0, 0.05) is 55.1 Å². The van der Waals surface area contributed by atoms with Crippen molar-refractivity contribution in [3.8, 4) is 0 Å². The van der Waals surface area contributed by atoms with Crippen LogP contribution in [0.3, 0.4) is 0 Å². The highest BCUT2D eigenvalue weighted by Gasteiger charge is 2.48. The Morgan fingerprint density at radius 3 is 2.12 bits per heavy atom. The smallest absolute Gasteiger partial charge is 0.490 e. The topological polar surface area (TPSA) is 166 Å². The van der Waals surface area contributed by atoms with Crippen LogP contribution in [0, 0.1) is 0 Å². The summed E-state index contributed by atoms with van der Waals surface area (Å²) in [4.78, 5) is 37.6. The van der Waals surface area contributed by atoms with Crippen molar-refractivity contribution in [3.63, 3.8) is 0 Å². The number of fused-ring (bicyclic) bond motifs is 4. The van der Waals surface area contributed by atoms with E-state index in [0.29, 0.717) is 63.9 Å². The minimum absolute atomic E-state index is 0.0927. The molecular weight excluding hydrogens is 774 g/mol. The molecule has 4 heterocycles. The van der Waals surface area contributed by atoms with Crippen molar-refractivity contribution >= 4 is 48.1 Å². The molecule has 2 aromatic rings. The number of aromatic carboxylic acids is 1. The molecule has 1 amide bonds. The fraction of sp³-hybridized carbons (Fsp3) is 0.476. The van der Waals surface area contributed by atoms with Crippen LogP contribution in [0.1, 0.15) is 63.9 Å². The molecule has 58 heavy (non-hydrogen) atoms. The Bertz CT molecular complexity index is 1980. The number of ether oxygens (including phenoxy) is 3. The van der Waals surface area contributed by atoms with E-state index in [4.69, 9.17) is 29.8 Å². The normalized spacial score (nSPS) is 18.0. The van der Waals surface area contributed by atoms with Crippen LogP contribution in [0.15, 0.2) is 65.4 Å². The molecule has 1 aliphatic carbocycles. The Balaban J connectivity index is 0.000000743. The van der Waals surface area contributed by atoms with E-state index in [9.17, 15) is 27.9 Å². The molecule has 0 aromatic heterocycles. The number of hydrogen-bond donors (Lipinski definition) is 3. The molecule has 5 aliphatic rings. The van der Waals surface area contributed by atoms with E-state index in [2.05, 4.69) is 51.2 Å². The number of carboxylic acid groups (broad SMARTS) is 2. The molecule has 0 atom stereocenters. The van der Waals surface area contributed by atoms with Crippen LogP contribution < -0.4 is 26.2 Å². The molecule has 7 rings (SSSR count). The third kappa shape index (κ3) is 9.80. The van der Waals surface area contributed by atoms with E-state index >= 15 is 0 Å². The van der Waals surface area contributed by atoms with Crippen LogP contribution in [-0.2, 0) is 19.0 Å². The second-order valence-electron chi connectivity index (χ2n) is 14.9. The van der Waals surface area contributed by atoms with Crippen LogP contribution in [0.4, 0.5) is 18.9 Å². The van der Waals surface area contributed by atoms with Crippen LogP contribution in [-0.4, -0.2) is 126 Å². The standard InChI is InChI=1S/C40H50N4O6Si.C2HF3O2/c41-12-18-48-20-22-50-23-21-49-19-13-42-39(45)29-6-9-32(40(46)47)35(26-29)38-33-10-7-30(43-14-4-15-43)27-36(33)51(24-2-1-3-25-51)37-28-31(8-11-34(37)38)44-16-5-17-44;3-2(4,5)1(6)7/h6-11,26-28H,1-5,12-25,41H2,(H-,42,45,46,47);(H,6,7). The predicted molar refractivity (Wildman–Crippen MR) is 213 cm³/mol. The number of hydrogen-bond acceptors (Lipinski definition) is 9. The minimum Gasteiger partial charge on any atom is -0.545 e. The van der Waals surface area contributed by atoms with E-state index in [-0.39, 0.29) is 11.5 Å². The molecular formula is C42H51F3N4O8Si. The summed E-state index contributed by atoms with van der Waals surface area (Å²) >= 11 is 0. The Labute approximate surface area is 336 Å². The molecule has 0 radical (unpaired) electrons. The minimum atomic E-state index is -5.08. The summed E-state index contributed by atoms with van der Waals surface area (Å²) < 4.78 is 50.6. The van der Waals surface area contributed by atoms with Gasteiger partial charge in [-0.05, 0) is 81.5 Å². The van der Waals surface area contributed by atoms with Gasteiger partial charge in [-0.15, -0.1) is 0 Å². The number of nitrogens with one attached hydrogen (secondary N) is 1. The van der Waals surface area contributed by atoms with Gasteiger partial charge in [-0.3, -0.25) is 4.79 Å². The van der Waals surface area contributed by atoms with Gasteiger partial charge < -0.3 is 45.2 Å². The number of carbonyl (C=O) groups is 3. The summed E-state index contributed by atoms with van der Waals surface area (Å²) in [5.74, 6) is -4.29. The maximum atomic E-state index is 13.5. The first kappa shape index (κ1) is 43.0. The highest BCUT2D eigenvalue weighted by atomic mass is 28.3. The molecule has 312 valence electrons. The highest BCUT2D eigenvalue weighted by molar-refractivity contribution is 7.00. The number of carboxylic acids is 2. The number of halogens is 3. The maximum Gasteiger partial charge on any atom is 0.490 e. The molecule has 0 bridgehead atoms. The van der Waals surface area contributed by atoms with Crippen LogP contribution in [0.2, 0.25) is 12.1 Å². The molecule has 12 nitrogen and oxygen atoms in total. The largest absolute Gasteiger partial charge is 0.545 e. The van der Waals surface area contributed by atoms with Gasteiger partial charge in [0.15, 0.2) is 5.71 Å². The van der Waals surface area contributed by atoms with Crippen molar-refractivity contribution in [2.24, 2.45) is 5.73 Å². The van der Waals surface area contributed by atoms with Crippen molar-refractivity contribution in [1.29, 1.82) is 0 Å². The molecule has 16 heteroatoms. The van der Waals surface area contributed by atoms with Crippen molar-refractivity contribution in [3.05, 3.63) is 87.6 Å². The van der Waals surface area contributed by atoms with Crippen molar-refractivity contribution < 1.29 is 56.6 Å². The predicted octanol–water partition coefficient (Wildman–Crippen LogP) is 3.18. The first-order chi connectivity index (χ1) is 27.9. The van der Waals surface area contributed by atoms with Gasteiger partial charge in [0.1, 0.15) is 21.2 Å². The SMILES string of the molecule is NCCOCCOCCOCCNC(=O)c1ccc(C(=O)[O-])c(C2=C3C=CC(=[N+]4CCC4)C=C3[Si]3(CCCCC3)c3cc(N4CCC4)ccc32)c1.O=C(O)C(F)(F)F. The van der Waals surface area contributed by atoms with Gasteiger partial charge in [-0.1, -0.05) is 31.4 Å². The summed E-state index contributed by atoms with van der Waals surface area (Å²) in [6.45, 7) is 7.69. The summed E-state index contributed by atoms with van der Waals surface area (Å²) in [5.41, 5.74) is 12.1. The van der Waals surface area contributed by atoms with E-state index in [0.717, 1.165) is 42.9 Å². The number of carbonyl (C=O) groups excluding carboxylic acids is 2. The van der Waals surface area contributed by atoms with Crippen molar-refractivity contribution in [2.45, 2.75) is 50.4 Å². The lowest BCUT2D eigenvalue weighted by Gasteiger charge is -2.45. The van der Waals surface area contributed by atoms with Gasteiger partial charge in [0.05, 0.1) is 52.0 Å². The lowest BCUT2D eigenvalue weighted by Crippen LogP contribution is -2.56. The highest BCUT2D eigenvalue weighted by Crippen LogP contribution is 2.48. The molecule has 2 aromatic carbocycles. The lowest BCUT2D eigenvalue weighted by atomic mass is 9.86. The number of rotatable bonds is 15. The number of amides is 1. The fourth-order valence-electron chi connectivity index (χ4n) is 8.14. The quantitative estimate of drug-likeness (QED) is 0.138. The van der Waals surface area contributed by atoms with Gasteiger partial charge in [-0.2, -0.15) is 13.2 Å². The summed E-state index contributed by atoms with van der Waals surface area (Å²) in [6.07, 6.45) is 7.88. The maximum absolute atomic E-state index is 13.5. The fourth-order valence-corrected chi connectivity index (χ4v) is 13.8. The molecule has 0 saturated carbocycles. The Hall–Kier alpha value is -4.61. The van der Waals surface area contributed by atoms with Crippen LogP contribution in [0.5, 0.6) is 0 Å². The Morgan fingerprint density at radius 2 is 1.53 bits per heavy atom. The average Bonchev–Trinajstić information content (AvgIpc) is 3.16. The molecule has 4 N–H and O–H groups in total. The zero-order valence-electron chi connectivity index (χ0n) is 32.5. The van der Waals surface area contributed by atoms with Crippen LogP contribution in [0.25, 0.3) is 5.57 Å². The summed E-state index contributed by atoms with van der Waals surface area (Å²) in [7, 11) is -2.19. The molecule has 0 unspecified atom stereocenters. The number of benzene rings is 2. The zero-order valence-corrected chi connectivity index (χ0v) is 33.5. The second-order valence-corrected chi connectivity index (χ2v) is 19.1. The molecule has 3 saturated heterocycles. The Morgan fingerprint density at radius 1 is 0.862 bits per heavy atom. The molecule has 1 spiro atoms. The van der Waals surface area contributed by atoms with Crippen molar-refractivity contribution in [2.75, 3.05) is 83.8 Å². The van der Waals surface area contributed by atoms with Gasteiger partial charge >= 0.3 is 12.1 Å². The van der Waals surface area contributed by atoms with E-state index < -0.39 is 26.2 Å². The third-order valence-corrected chi connectivity index (χ3v) is 16.6. The van der Waals surface area contributed by atoms with Gasteiger partial charge in [-0.25, -0.2) is 9.37 Å². The monoisotopic (exact) mass is 824 g/mol. The number of nitrogens with zero attached hydrogens (tertiary/aromatic N) is 2. The van der Waals surface area contributed by atoms with Crippen LogP contribution >= 0.6 is 0 Å². The summed E-state index contributed by atoms with van der Waals surface area (Å²) in [6, 6.07) is 14.1. The summed E-state index contributed by atoms with van der Waals surface area (Å²) in [5, 5.41) is 25.7. The number of alkyl halides is 3. The first-order valence-corrected chi connectivity index (χ1v) is 22.4. The lowest BCUT2D eigenvalue weighted by molar-refractivity contribution is -0.582. The first-order valence-electron chi connectivity index (χ1n) is 20.0. The third-order valence-electron chi connectivity index (χ3n) is 11.3. The number of nitrogens with two attached hydrogens (primary N) is 1. The van der Waals surface area contributed by atoms with Crippen molar-refractivity contribution in [1.82, 2.24) is 5.32 Å². The average molecular weight is 825 g/mol. The Kier molecular flexibility index (Phi) is 14.4. The number of allylic oxidation sites excluding steroid dienone is 5. The number of anilines is 1. The van der Waals surface area contributed by atoms with E-state index in [1.807, 2.05) is 0 Å².